The number of aliphatic hydroxyl groups is 1. The Morgan fingerprint density at radius 3 is 2.64 bits per heavy atom. The molecule has 0 heterocycles. The van der Waals surface area contributed by atoms with Gasteiger partial charge in [-0.15, -0.1) is 0 Å². The van der Waals surface area contributed by atoms with Gasteiger partial charge in [0.25, 0.3) is 0 Å². The molecule has 80 valence electrons. The van der Waals surface area contributed by atoms with E-state index in [2.05, 4.69) is 6.92 Å². The van der Waals surface area contributed by atoms with Gasteiger partial charge in [0.15, 0.2) is 0 Å². The average Bonchev–Trinajstić information content (AvgIpc) is 2.16. The molecule has 1 unspecified atom stereocenters. The summed E-state index contributed by atoms with van der Waals surface area (Å²) in [6.45, 7) is 4.07. The SMILES string of the molecule is CC1C(=O)CC[C@@]2(C)CCCC[C@@]12O. The van der Waals surface area contributed by atoms with Crippen LogP contribution in [-0.4, -0.2) is 16.5 Å². The zero-order valence-corrected chi connectivity index (χ0v) is 9.18. The van der Waals surface area contributed by atoms with Crippen LogP contribution in [0.5, 0.6) is 0 Å². The summed E-state index contributed by atoms with van der Waals surface area (Å²) >= 11 is 0. The van der Waals surface area contributed by atoms with Crippen molar-refractivity contribution in [2.45, 2.75) is 58.0 Å². The third kappa shape index (κ3) is 1.16. The van der Waals surface area contributed by atoms with Crippen molar-refractivity contribution in [1.29, 1.82) is 0 Å². The zero-order valence-electron chi connectivity index (χ0n) is 9.18. The lowest BCUT2D eigenvalue weighted by atomic mass is 9.53. The van der Waals surface area contributed by atoms with Crippen molar-refractivity contribution in [2.75, 3.05) is 0 Å². The summed E-state index contributed by atoms with van der Waals surface area (Å²) < 4.78 is 0. The zero-order chi connectivity index (χ0) is 10.4. The van der Waals surface area contributed by atoms with Crippen molar-refractivity contribution in [3.05, 3.63) is 0 Å². The molecule has 14 heavy (non-hydrogen) atoms. The van der Waals surface area contributed by atoms with Crippen LogP contribution in [0.25, 0.3) is 0 Å². The lowest BCUT2D eigenvalue weighted by molar-refractivity contribution is -0.175. The second-order valence-electron chi connectivity index (χ2n) is 5.38. The van der Waals surface area contributed by atoms with Crippen LogP contribution >= 0.6 is 0 Å². The largest absolute Gasteiger partial charge is 0.389 e. The first-order chi connectivity index (χ1) is 6.50. The van der Waals surface area contributed by atoms with E-state index in [-0.39, 0.29) is 17.1 Å². The molecule has 2 saturated carbocycles. The van der Waals surface area contributed by atoms with Gasteiger partial charge < -0.3 is 5.11 Å². The number of hydrogen-bond donors (Lipinski definition) is 1. The first-order valence-corrected chi connectivity index (χ1v) is 5.75. The summed E-state index contributed by atoms with van der Waals surface area (Å²) in [6, 6.07) is 0. The Morgan fingerprint density at radius 2 is 1.93 bits per heavy atom. The maximum atomic E-state index is 11.6. The monoisotopic (exact) mass is 196 g/mol. The Kier molecular flexibility index (Phi) is 2.22. The van der Waals surface area contributed by atoms with Crippen LogP contribution in [-0.2, 0) is 4.79 Å². The number of carbonyl (C=O) groups excluding carboxylic acids is 1. The molecule has 2 rings (SSSR count). The molecule has 0 aromatic carbocycles. The maximum Gasteiger partial charge on any atom is 0.138 e. The minimum atomic E-state index is -0.708. The molecule has 1 N–H and O–H groups in total. The topological polar surface area (TPSA) is 37.3 Å². The Hall–Kier alpha value is -0.370. The van der Waals surface area contributed by atoms with Gasteiger partial charge in [-0.1, -0.05) is 26.7 Å². The van der Waals surface area contributed by atoms with Gasteiger partial charge in [0, 0.05) is 12.3 Å². The highest BCUT2D eigenvalue weighted by molar-refractivity contribution is 5.83. The van der Waals surface area contributed by atoms with Gasteiger partial charge in [-0.05, 0) is 24.7 Å². The molecule has 3 atom stereocenters. The van der Waals surface area contributed by atoms with Gasteiger partial charge in [-0.3, -0.25) is 4.79 Å². The van der Waals surface area contributed by atoms with Crippen molar-refractivity contribution >= 4 is 5.78 Å². The smallest absolute Gasteiger partial charge is 0.138 e. The van der Waals surface area contributed by atoms with E-state index in [0.29, 0.717) is 6.42 Å². The molecule has 2 aliphatic rings. The first-order valence-electron chi connectivity index (χ1n) is 5.75. The van der Waals surface area contributed by atoms with E-state index in [1.54, 1.807) is 0 Å². The summed E-state index contributed by atoms with van der Waals surface area (Å²) in [7, 11) is 0. The molecule has 0 aromatic heterocycles. The van der Waals surface area contributed by atoms with Crippen LogP contribution in [0.3, 0.4) is 0 Å². The van der Waals surface area contributed by atoms with Gasteiger partial charge in [-0.2, -0.15) is 0 Å². The molecule has 0 amide bonds. The summed E-state index contributed by atoms with van der Waals surface area (Å²) in [5.74, 6) is 0.105. The number of carbonyl (C=O) groups is 1. The number of ketones is 1. The summed E-state index contributed by atoms with van der Waals surface area (Å²) in [5.41, 5.74) is -0.709. The average molecular weight is 196 g/mol. The van der Waals surface area contributed by atoms with Crippen LogP contribution in [0.2, 0.25) is 0 Å². The number of hydrogen-bond acceptors (Lipinski definition) is 2. The van der Waals surface area contributed by atoms with Crippen LogP contribution in [0.15, 0.2) is 0 Å². The lowest BCUT2D eigenvalue weighted by Gasteiger charge is -2.54. The molecule has 0 bridgehead atoms. The standard InChI is InChI=1S/C12H20O2/c1-9-10(13)5-8-11(2)6-3-4-7-12(9,11)14/h9,14H,3-8H2,1-2H3/t9?,11-,12-/m1/s1. The van der Waals surface area contributed by atoms with E-state index >= 15 is 0 Å². The number of rotatable bonds is 0. The van der Waals surface area contributed by atoms with E-state index in [0.717, 1.165) is 25.7 Å². The number of Topliss-reactive ketones (excluding diaryl/α,β-unsaturated/α-hetero) is 1. The molecular weight excluding hydrogens is 176 g/mol. The Bertz CT molecular complexity index is 261. The fraction of sp³-hybridized carbons (Fsp3) is 0.917. The minimum Gasteiger partial charge on any atom is -0.389 e. The van der Waals surface area contributed by atoms with E-state index in [1.165, 1.54) is 6.42 Å². The van der Waals surface area contributed by atoms with E-state index in [9.17, 15) is 9.90 Å². The Balaban J connectivity index is 2.34. The van der Waals surface area contributed by atoms with E-state index in [1.807, 2.05) is 6.92 Å². The van der Waals surface area contributed by atoms with Crippen LogP contribution in [0, 0.1) is 11.3 Å². The van der Waals surface area contributed by atoms with Crippen molar-refractivity contribution in [1.82, 2.24) is 0 Å². The minimum absolute atomic E-state index is 0.00141. The van der Waals surface area contributed by atoms with Crippen molar-refractivity contribution in [3.63, 3.8) is 0 Å². The van der Waals surface area contributed by atoms with Gasteiger partial charge >= 0.3 is 0 Å². The molecule has 2 aliphatic carbocycles. The fourth-order valence-corrected chi connectivity index (χ4v) is 3.39. The van der Waals surface area contributed by atoms with Crippen molar-refractivity contribution < 1.29 is 9.90 Å². The molecule has 2 fully saturated rings. The van der Waals surface area contributed by atoms with Crippen molar-refractivity contribution in [3.8, 4) is 0 Å². The second-order valence-corrected chi connectivity index (χ2v) is 5.38. The quantitative estimate of drug-likeness (QED) is 0.645. The third-order valence-electron chi connectivity index (χ3n) is 4.70. The van der Waals surface area contributed by atoms with Gasteiger partial charge in [0.05, 0.1) is 5.60 Å². The molecular formula is C12H20O2. The summed E-state index contributed by atoms with van der Waals surface area (Å²) in [5, 5.41) is 10.7. The highest BCUT2D eigenvalue weighted by Gasteiger charge is 2.55. The van der Waals surface area contributed by atoms with Gasteiger partial charge in [0.1, 0.15) is 5.78 Å². The highest BCUT2D eigenvalue weighted by Crippen LogP contribution is 2.54. The first kappa shape index (κ1) is 10.2. The molecule has 0 radical (unpaired) electrons. The molecule has 0 aliphatic heterocycles. The van der Waals surface area contributed by atoms with Gasteiger partial charge in [-0.25, -0.2) is 0 Å². The van der Waals surface area contributed by atoms with E-state index < -0.39 is 5.60 Å². The normalized spacial score (nSPS) is 48.8. The predicted molar refractivity (Wildman–Crippen MR) is 54.9 cm³/mol. The molecule has 0 spiro atoms. The fourth-order valence-electron chi connectivity index (χ4n) is 3.39. The molecule has 0 saturated heterocycles. The predicted octanol–water partition coefficient (Wildman–Crippen LogP) is 2.30. The highest BCUT2D eigenvalue weighted by atomic mass is 16.3. The van der Waals surface area contributed by atoms with Crippen LogP contribution in [0.4, 0.5) is 0 Å². The summed E-state index contributed by atoms with van der Waals surface area (Å²) in [6.07, 6.45) is 5.73. The summed E-state index contributed by atoms with van der Waals surface area (Å²) in [4.78, 5) is 11.6. The Morgan fingerprint density at radius 1 is 1.29 bits per heavy atom. The molecule has 2 heteroatoms. The second kappa shape index (κ2) is 3.06. The number of fused-ring (bicyclic) bond motifs is 1. The molecule has 0 aromatic rings. The maximum absolute atomic E-state index is 11.6. The Labute approximate surface area is 85.7 Å². The van der Waals surface area contributed by atoms with Gasteiger partial charge in [0.2, 0.25) is 0 Å². The molecule has 2 nitrogen and oxygen atoms in total. The van der Waals surface area contributed by atoms with Crippen LogP contribution < -0.4 is 0 Å². The van der Waals surface area contributed by atoms with E-state index in [4.69, 9.17) is 0 Å². The lowest BCUT2D eigenvalue weighted by Crippen LogP contribution is -2.58. The van der Waals surface area contributed by atoms with Crippen molar-refractivity contribution in [2.24, 2.45) is 11.3 Å². The van der Waals surface area contributed by atoms with Crippen LogP contribution in [0.1, 0.15) is 52.4 Å². The third-order valence-corrected chi connectivity index (χ3v) is 4.70.